The molecule has 5 heteroatoms. The molecule has 5 nitrogen and oxygen atoms in total. The molecule has 14 heavy (non-hydrogen) atoms. The fourth-order valence-corrected chi connectivity index (χ4v) is 1.46. The van der Waals surface area contributed by atoms with Crippen LogP contribution in [0.15, 0.2) is 0 Å². The second-order valence-electron chi connectivity index (χ2n) is 3.61. The van der Waals surface area contributed by atoms with E-state index in [9.17, 15) is 15.0 Å². The van der Waals surface area contributed by atoms with Crippen molar-refractivity contribution in [2.75, 3.05) is 26.8 Å². The number of rotatable bonds is 3. The molecule has 1 fully saturated rings. The number of carbonyl (C=O) groups is 1. The van der Waals surface area contributed by atoms with Crippen molar-refractivity contribution < 1.29 is 19.7 Å². The van der Waals surface area contributed by atoms with Gasteiger partial charge in [-0.2, -0.15) is 0 Å². The summed E-state index contributed by atoms with van der Waals surface area (Å²) >= 11 is 0. The lowest BCUT2D eigenvalue weighted by Crippen LogP contribution is -2.46. The molecule has 0 aromatic carbocycles. The van der Waals surface area contributed by atoms with E-state index in [4.69, 9.17) is 4.74 Å². The van der Waals surface area contributed by atoms with Gasteiger partial charge >= 0.3 is 0 Å². The van der Waals surface area contributed by atoms with Gasteiger partial charge < -0.3 is 19.8 Å². The van der Waals surface area contributed by atoms with Crippen molar-refractivity contribution >= 4 is 5.91 Å². The second kappa shape index (κ2) is 4.72. The monoisotopic (exact) mass is 203 g/mol. The first kappa shape index (κ1) is 11.4. The van der Waals surface area contributed by atoms with Gasteiger partial charge in [0.2, 0.25) is 5.91 Å². The number of carbonyl (C=O) groups excluding carboxylic acids is 1. The topological polar surface area (TPSA) is 70.0 Å². The van der Waals surface area contributed by atoms with E-state index in [1.165, 1.54) is 0 Å². The normalized spacial score (nSPS) is 20.9. The Balaban J connectivity index is 2.30. The summed E-state index contributed by atoms with van der Waals surface area (Å²) in [5.41, 5.74) is 0. The zero-order valence-corrected chi connectivity index (χ0v) is 8.40. The summed E-state index contributed by atoms with van der Waals surface area (Å²) in [5.74, 6) is -1.57. The average Bonchev–Trinajstić information content (AvgIpc) is 2.14. The van der Waals surface area contributed by atoms with Gasteiger partial charge in [-0.15, -0.1) is 0 Å². The third-order valence-corrected chi connectivity index (χ3v) is 2.44. The van der Waals surface area contributed by atoms with Gasteiger partial charge in [-0.25, -0.2) is 0 Å². The van der Waals surface area contributed by atoms with Crippen molar-refractivity contribution in [1.29, 1.82) is 0 Å². The highest BCUT2D eigenvalue weighted by Gasteiger charge is 2.31. The van der Waals surface area contributed by atoms with Crippen molar-refractivity contribution in [3.05, 3.63) is 0 Å². The molecule has 1 aliphatic heterocycles. The van der Waals surface area contributed by atoms with Crippen LogP contribution >= 0.6 is 0 Å². The molecule has 1 rings (SSSR count). The second-order valence-corrected chi connectivity index (χ2v) is 3.61. The zero-order valence-electron chi connectivity index (χ0n) is 8.40. The maximum absolute atomic E-state index is 11.5. The van der Waals surface area contributed by atoms with Gasteiger partial charge in [-0.3, -0.25) is 4.79 Å². The van der Waals surface area contributed by atoms with Crippen molar-refractivity contribution in [3.8, 4) is 0 Å². The predicted molar refractivity (Wildman–Crippen MR) is 49.5 cm³/mol. The molecule has 0 saturated carbocycles. The van der Waals surface area contributed by atoms with Crippen LogP contribution in [0, 0.1) is 0 Å². The number of nitrogens with zero attached hydrogens (tertiary/aromatic N) is 1. The number of likely N-dealkylation sites (tertiary alicyclic amines) is 1. The van der Waals surface area contributed by atoms with Crippen LogP contribution in [0.5, 0.6) is 0 Å². The molecule has 0 atom stereocenters. The molecule has 1 aliphatic rings. The lowest BCUT2D eigenvalue weighted by molar-refractivity contribution is -0.190. The molecule has 2 N–H and O–H groups in total. The van der Waals surface area contributed by atoms with Gasteiger partial charge in [-0.05, 0) is 0 Å². The van der Waals surface area contributed by atoms with E-state index in [0.29, 0.717) is 26.1 Å². The maximum Gasteiger partial charge on any atom is 0.224 e. The smallest absolute Gasteiger partial charge is 0.224 e. The van der Waals surface area contributed by atoms with E-state index in [-0.39, 0.29) is 18.7 Å². The molecule has 1 saturated heterocycles. The van der Waals surface area contributed by atoms with Gasteiger partial charge in [0.05, 0.1) is 13.0 Å². The van der Waals surface area contributed by atoms with E-state index in [1.807, 2.05) is 0 Å². The summed E-state index contributed by atoms with van der Waals surface area (Å²) in [4.78, 5) is 13.1. The Labute approximate surface area is 83.3 Å². The summed E-state index contributed by atoms with van der Waals surface area (Å²) in [6.45, 7) is 1.24. The largest absolute Gasteiger partial charge is 0.384 e. The molecular weight excluding hydrogens is 186 g/mol. The quantitative estimate of drug-likeness (QED) is 0.597. The Morgan fingerprint density at radius 2 is 2.00 bits per heavy atom. The number of aliphatic hydroxyl groups is 2. The van der Waals surface area contributed by atoms with Crippen LogP contribution in [0.25, 0.3) is 0 Å². The van der Waals surface area contributed by atoms with Crippen molar-refractivity contribution in [2.45, 2.75) is 25.0 Å². The van der Waals surface area contributed by atoms with Crippen LogP contribution in [0.2, 0.25) is 0 Å². The Kier molecular flexibility index (Phi) is 3.86. The molecule has 1 heterocycles. The van der Waals surface area contributed by atoms with Gasteiger partial charge in [0.1, 0.15) is 0 Å². The number of piperidine rings is 1. The first-order valence-corrected chi connectivity index (χ1v) is 4.76. The summed E-state index contributed by atoms with van der Waals surface area (Å²) in [7, 11) is 1.55. The van der Waals surface area contributed by atoms with Gasteiger partial charge in [0.15, 0.2) is 5.79 Å². The van der Waals surface area contributed by atoms with E-state index in [1.54, 1.807) is 12.0 Å². The first-order valence-electron chi connectivity index (χ1n) is 4.76. The minimum Gasteiger partial charge on any atom is -0.384 e. The molecule has 0 aromatic heterocycles. The molecule has 1 amide bonds. The zero-order chi connectivity index (χ0) is 10.6. The first-order chi connectivity index (χ1) is 6.55. The molecular formula is C9H17NO4. The average molecular weight is 203 g/mol. The summed E-state index contributed by atoms with van der Waals surface area (Å²) in [6.07, 6.45) is 0.817. The SMILES string of the molecule is COCCC(=O)N1CCC(O)(O)CC1. The minimum atomic E-state index is -1.59. The Morgan fingerprint density at radius 3 is 2.50 bits per heavy atom. The molecule has 0 spiro atoms. The van der Waals surface area contributed by atoms with Crippen LogP contribution in [0.4, 0.5) is 0 Å². The Morgan fingerprint density at radius 1 is 1.43 bits per heavy atom. The summed E-state index contributed by atoms with van der Waals surface area (Å²) in [6, 6.07) is 0. The molecule has 0 bridgehead atoms. The van der Waals surface area contributed by atoms with Crippen LogP contribution in [0.1, 0.15) is 19.3 Å². The number of hydrogen-bond acceptors (Lipinski definition) is 4. The number of methoxy groups -OCH3 is 1. The minimum absolute atomic E-state index is 0.0161. The number of amides is 1. The molecule has 82 valence electrons. The molecule has 0 aliphatic carbocycles. The van der Waals surface area contributed by atoms with E-state index in [2.05, 4.69) is 0 Å². The highest BCUT2D eigenvalue weighted by molar-refractivity contribution is 5.76. The highest BCUT2D eigenvalue weighted by Crippen LogP contribution is 2.19. The van der Waals surface area contributed by atoms with E-state index < -0.39 is 5.79 Å². The van der Waals surface area contributed by atoms with Crippen LogP contribution in [-0.4, -0.2) is 53.6 Å². The van der Waals surface area contributed by atoms with E-state index >= 15 is 0 Å². The fourth-order valence-electron chi connectivity index (χ4n) is 1.46. The Bertz CT molecular complexity index is 195. The van der Waals surface area contributed by atoms with Crippen LogP contribution in [0.3, 0.4) is 0 Å². The maximum atomic E-state index is 11.5. The standard InChI is InChI=1S/C9H17NO4/c1-14-7-2-8(11)10-5-3-9(12,13)4-6-10/h12-13H,2-7H2,1H3. The third kappa shape index (κ3) is 3.25. The number of ether oxygens (including phenoxy) is 1. The lowest BCUT2D eigenvalue weighted by atomic mass is 10.0. The lowest BCUT2D eigenvalue weighted by Gasteiger charge is -2.34. The molecule has 0 unspecified atom stereocenters. The van der Waals surface area contributed by atoms with Gasteiger partial charge in [0, 0.05) is 33.0 Å². The van der Waals surface area contributed by atoms with Crippen molar-refractivity contribution in [2.24, 2.45) is 0 Å². The molecule has 0 aromatic rings. The van der Waals surface area contributed by atoms with Crippen LogP contribution in [-0.2, 0) is 9.53 Å². The third-order valence-electron chi connectivity index (χ3n) is 2.44. The fraction of sp³-hybridized carbons (Fsp3) is 0.889. The predicted octanol–water partition coefficient (Wildman–Crippen LogP) is -0.674. The summed E-state index contributed by atoms with van der Waals surface area (Å²) in [5, 5.41) is 18.5. The number of hydrogen-bond donors (Lipinski definition) is 2. The van der Waals surface area contributed by atoms with Crippen molar-refractivity contribution in [3.63, 3.8) is 0 Å². The van der Waals surface area contributed by atoms with Gasteiger partial charge in [0.25, 0.3) is 0 Å². The van der Waals surface area contributed by atoms with Gasteiger partial charge in [-0.1, -0.05) is 0 Å². The highest BCUT2D eigenvalue weighted by atomic mass is 16.5. The summed E-state index contributed by atoms with van der Waals surface area (Å²) < 4.78 is 4.80. The van der Waals surface area contributed by atoms with E-state index in [0.717, 1.165) is 0 Å². The molecule has 0 radical (unpaired) electrons. The van der Waals surface area contributed by atoms with Crippen LogP contribution < -0.4 is 0 Å². The Hall–Kier alpha value is -0.650. The van der Waals surface area contributed by atoms with Crippen molar-refractivity contribution in [1.82, 2.24) is 4.90 Å².